The number of nitrogens with two attached hydrogens (primary N) is 1. The summed E-state index contributed by atoms with van der Waals surface area (Å²) >= 11 is 0. The van der Waals surface area contributed by atoms with Gasteiger partial charge in [-0.15, -0.1) is 0 Å². The first-order valence-electron chi connectivity index (χ1n) is 14.0. The van der Waals surface area contributed by atoms with Gasteiger partial charge < -0.3 is 21.1 Å². The van der Waals surface area contributed by atoms with E-state index in [1.807, 2.05) is 38.1 Å². The van der Waals surface area contributed by atoms with Crippen molar-refractivity contribution in [3.63, 3.8) is 0 Å². The van der Waals surface area contributed by atoms with E-state index in [1.54, 1.807) is 18.2 Å². The zero-order valence-electron chi connectivity index (χ0n) is 25.3. The number of methoxy groups -OCH3 is 1. The number of benzene rings is 3. The molecule has 4 rings (SSSR count). The first kappa shape index (κ1) is 31.8. The van der Waals surface area contributed by atoms with Crippen LogP contribution in [0.5, 0.6) is 5.75 Å². The Morgan fingerprint density at radius 3 is 2.34 bits per heavy atom. The Bertz CT molecular complexity index is 1860. The lowest BCUT2D eigenvalue weighted by Crippen LogP contribution is -2.43. The van der Waals surface area contributed by atoms with Gasteiger partial charge in [0.25, 0.3) is 11.5 Å². The Balaban J connectivity index is 1.65. The third-order valence-electron chi connectivity index (χ3n) is 7.51. The molecule has 44 heavy (non-hydrogen) atoms. The number of aryl methyl sites for hydroxylation is 1. The number of amides is 2. The molecule has 0 radical (unpaired) electrons. The molecule has 1 heterocycles. The molecule has 12 heteroatoms. The molecular formula is C32H35FN6O5. The van der Waals surface area contributed by atoms with Crippen LogP contribution in [-0.4, -0.2) is 39.8 Å². The van der Waals surface area contributed by atoms with Crippen LogP contribution < -0.4 is 32.4 Å². The van der Waals surface area contributed by atoms with E-state index in [1.165, 1.54) is 27.3 Å². The van der Waals surface area contributed by atoms with Gasteiger partial charge in [-0.05, 0) is 78.4 Å². The van der Waals surface area contributed by atoms with Crippen molar-refractivity contribution < 1.29 is 18.7 Å². The van der Waals surface area contributed by atoms with E-state index < -0.39 is 28.7 Å². The molecule has 11 nitrogen and oxygen atoms in total. The molecule has 0 saturated carbocycles. The Morgan fingerprint density at radius 2 is 1.66 bits per heavy atom. The first-order valence-corrected chi connectivity index (χ1v) is 14.0. The highest BCUT2D eigenvalue weighted by Crippen LogP contribution is 2.37. The summed E-state index contributed by atoms with van der Waals surface area (Å²) in [5.74, 6) is -1.15. The number of hydrogen-bond acceptors (Lipinski definition) is 7. The van der Waals surface area contributed by atoms with E-state index in [0.29, 0.717) is 35.5 Å². The summed E-state index contributed by atoms with van der Waals surface area (Å²) < 4.78 is 22.7. The number of halogens is 1. The topological polar surface area (TPSA) is 150 Å². The maximum atomic E-state index is 15.4. The second-order valence-electron chi connectivity index (χ2n) is 10.4. The lowest BCUT2D eigenvalue weighted by atomic mass is 9.90. The van der Waals surface area contributed by atoms with Crippen molar-refractivity contribution in [3.05, 3.63) is 97.6 Å². The Hall–Kier alpha value is -5.10. The van der Waals surface area contributed by atoms with Crippen molar-refractivity contribution in [3.8, 4) is 28.0 Å². The van der Waals surface area contributed by atoms with Crippen molar-refractivity contribution in [2.24, 2.45) is 19.8 Å². The molecule has 0 aliphatic carbocycles. The van der Waals surface area contributed by atoms with Gasteiger partial charge in [-0.25, -0.2) is 13.9 Å². The number of rotatable bonds is 11. The van der Waals surface area contributed by atoms with E-state index in [0.717, 1.165) is 37.1 Å². The standard InChI is InChI=1S/C32H35FN6O5/c1-18-21(20-15-25(33)24(27(16-20)44-5)17-35-14-8-13-28(34)40)9-6-10-22(18)23-11-7-12-26(19(23)2)36-30(41)29-31(42)38(3)32(43)39(4)37-29/h6-7,9-12,15-16,35H,8,13-14,17H2,1-5H3,(H2,34,40)(H,36,41). The molecule has 2 amide bonds. The normalized spacial score (nSPS) is 11.0. The minimum atomic E-state index is -0.796. The summed E-state index contributed by atoms with van der Waals surface area (Å²) in [4.78, 5) is 48.5. The smallest absolute Gasteiger partial charge is 0.346 e. The molecule has 0 fully saturated rings. The minimum absolute atomic E-state index is 0.228. The largest absolute Gasteiger partial charge is 0.496 e. The van der Waals surface area contributed by atoms with E-state index >= 15 is 4.39 Å². The average Bonchev–Trinajstić information content (AvgIpc) is 2.99. The van der Waals surface area contributed by atoms with Crippen molar-refractivity contribution in [1.29, 1.82) is 0 Å². The van der Waals surface area contributed by atoms with E-state index in [4.69, 9.17) is 10.5 Å². The zero-order chi connectivity index (χ0) is 32.1. The lowest BCUT2D eigenvalue weighted by molar-refractivity contribution is -0.118. The van der Waals surface area contributed by atoms with Crippen LogP contribution in [0.15, 0.2) is 58.1 Å². The number of carbonyl (C=O) groups is 2. The van der Waals surface area contributed by atoms with Crippen LogP contribution in [0, 0.1) is 19.7 Å². The van der Waals surface area contributed by atoms with Crippen LogP contribution in [0.2, 0.25) is 0 Å². The molecule has 0 spiro atoms. The maximum absolute atomic E-state index is 15.4. The summed E-state index contributed by atoms with van der Waals surface area (Å²) in [6.07, 6.45) is 0.804. The second-order valence-corrected chi connectivity index (χ2v) is 10.4. The van der Waals surface area contributed by atoms with Gasteiger partial charge in [0.05, 0.1) is 7.11 Å². The maximum Gasteiger partial charge on any atom is 0.346 e. The number of nitrogens with zero attached hydrogens (tertiary/aromatic N) is 3. The zero-order valence-corrected chi connectivity index (χ0v) is 25.3. The fraction of sp³-hybridized carbons (Fsp3) is 0.281. The third kappa shape index (κ3) is 6.60. The molecule has 0 aliphatic rings. The third-order valence-corrected chi connectivity index (χ3v) is 7.51. The monoisotopic (exact) mass is 602 g/mol. The first-order chi connectivity index (χ1) is 20.9. The van der Waals surface area contributed by atoms with Crippen LogP contribution in [0.4, 0.5) is 10.1 Å². The quantitative estimate of drug-likeness (QED) is 0.223. The lowest BCUT2D eigenvalue weighted by Gasteiger charge is -2.18. The van der Waals surface area contributed by atoms with Crippen molar-refractivity contribution in [1.82, 2.24) is 19.7 Å². The molecule has 3 aromatic carbocycles. The van der Waals surface area contributed by atoms with Crippen LogP contribution >= 0.6 is 0 Å². The predicted octanol–water partition coefficient (Wildman–Crippen LogP) is 3.18. The van der Waals surface area contributed by atoms with Gasteiger partial charge in [-0.3, -0.25) is 19.0 Å². The molecule has 4 aromatic rings. The molecule has 230 valence electrons. The fourth-order valence-corrected chi connectivity index (χ4v) is 5.05. The molecule has 0 aliphatic heterocycles. The van der Waals surface area contributed by atoms with E-state index in [2.05, 4.69) is 15.7 Å². The van der Waals surface area contributed by atoms with Crippen LogP contribution in [0.3, 0.4) is 0 Å². The highest BCUT2D eigenvalue weighted by atomic mass is 19.1. The SMILES string of the molecule is COc1cc(-c2cccc(-c3cccc(NC(=O)c4nn(C)c(=O)n(C)c4=O)c3C)c2C)cc(F)c1CNCCCC(N)=O. The highest BCUT2D eigenvalue weighted by molar-refractivity contribution is 6.03. The van der Waals surface area contributed by atoms with E-state index in [-0.39, 0.29) is 18.9 Å². The number of carbonyl (C=O) groups excluding carboxylic acids is 2. The van der Waals surface area contributed by atoms with Gasteiger partial charge in [-0.2, -0.15) is 5.10 Å². The Labute approximate surface area is 253 Å². The van der Waals surface area contributed by atoms with Gasteiger partial charge in [0, 0.05) is 38.3 Å². The van der Waals surface area contributed by atoms with Gasteiger partial charge in [-0.1, -0.05) is 30.3 Å². The van der Waals surface area contributed by atoms with Crippen LogP contribution in [0.25, 0.3) is 22.3 Å². The molecule has 4 N–H and O–H groups in total. The van der Waals surface area contributed by atoms with Gasteiger partial charge in [0.1, 0.15) is 11.6 Å². The molecule has 1 aromatic heterocycles. The predicted molar refractivity (Wildman–Crippen MR) is 166 cm³/mol. The number of aromatic nitrogens is 3. The Kier molecular flexibility index (Phi) is 9.74. The number of primary amides is 1. The number of nitrogens with one attached hydrogen (secondary N) is 2. The number of hydrogen-bond donors (Lipinski definition) is 3. The van der Waals surface area contributed by atoms with Gasteiger partial charge in [0.2, 0.25) is 11.6 Å². The summed E-state index contributed by atoms with van der Waals surface area (Å²) in [6.45, 7) is 4.51. The molecular weight excluding hydrogens is 567 g/mol. The Morgan fingerprint density at radius 1 is 1.00 bits per heavy atom. The average molecular weight is 603 g/mol. The molecule has 0 unspecified atom stereocenters. The minimum Gasteiger partial charge on any atom is -0.496 e. The summed E-state index contributed by atoms with van der Waals surface area (Å²) in [5.41, 5.74) is 8.93. The number of ether oxygens (including phenoxy) is 1. The van der Waals surface area contributed by atoms with Crippen molar-refractivity contribution in [2.45, 2.75) is 33.2 Å². The molecule has 0 bridgehead atoms. The van der Waals surface area contributed by atoms with Crippen molar-refractivity contribution >= 4 is 17.5 Å². The molecule has 0 atom stereocenters. The second kappa shape index (κ2) is 13.5. The fourth-order valence-electron chi connectivity index (χ4n) is 5.05. The summed E-state index contributed by atoms with van der Waals surface area (Å²) in [6, 6.07) is 14.4. The number of anilines is 1. The van der Waals surface area contributed by atoms with Crippen molar-refractivity contribution in [2.75, 3.05) is 19.0 Å². The van der Waals surface area contributed by atoms with Gasteiger partial charge >= 0.3 is 5.69 Å². The summed E-state index contributed by atoms with van der Waals surface area (Å²) in [5, 5.41) is 9.73. The molecule has 0 saturated heterocycles. The van der Waals surface area contributed by atoms with Crippen LogP contribution in [-0.2, 0) is 25.4 Å². The summed E-state index contributed by atoms with van der Waals surface area (Å²) in [7, 11) is 4.13. The highest BCUT2D eigenvalue weighted by Gasteiger charge is 2.20. The van der Waals surface area contributed by atoms with E-state index in [9.17, 15) is 19.2 Å². The van der Waals surface area contributed by atoms with Crippen LogP contribution in [0.1, 0.15) is 40.0 Å². The van der Waals surface area contributed by atoms with Gasteiger partial charge in [0.15, 0.2) is 0 Å².